The van der Waals surface area contributed by atoms with Crippen LogP contribution in [0.1, 0.15) is 5.56 Å². The summed E-state index contributed by atoms with van der Waals surface area (Å²) < 4.78 is 0. The van der Waals surface area contributed by atoms with Crippen molar-refractivity contribution in [3.05, 3.63) is 48.2 Å². The summed E-state index contributed by atoms with van der Waals surface area (Å²) >= 11 is 1.92. The van der Waals surface area contributed by atoms with Crippen molar-refractivity contribution < 1.29 is 20.1 Å². The van der Waals surface area contributed by atoms with Gasteiger partial charge in [-0.3, -0.25) is 0 Å². The van der Waals surface area contributed by atoms with Crippen LogP contribution in [-0.2, 0) is 26.5 Å². The third-order valence-electron chi connectivity index (χ3n) is 2.56. The zero-order valence-electron chi connectivity index (χ0n) is 8.57. The minimum absolute atomic E-state index is 0. The second kappa shape index (κ2) is 5.13. The van der Waals surface area contributed by atoms with Gasteiger partial charge in [-0.05, 0) is 23.9 Å². The Morgan fingerprint density at radius 1 is 1.31 bits per heavy atom. The van der Waals surface area contributed by atoms with Gasteiger partial charge in [-0.25, -0.2) is 0 Å². The topological polar surface area (TPSA) is 12.9 Å². The molecule has 83 valence electrons. The van der Waals surface area contributed by atoms with Crippen LogP contribution in [0.5, 0.6) is 0 Å². The monoisotopic (exact) mass is 405 g/mol. The molecule has 0 N–H and O–H groups in total. The quantitative estimate of drug-likeness (QED) is 0.677. The SMILES string of the molecule is [Ir].[c-]1cc2c(cc1-c1ccccn1)CCS2. The van der Waals surface area contributed by atoms with Crippen LogP contribution in [0, 0.1) is 6.07 Å². The predicted molar refractivity (Wildman–Crippen MR) is 62.9 cm³/mol. The maximum atomic E-state index is 4.34. The molecule has 3 rings (SSSR count). The van der Waals surface area contributed by atoms with Gasteiger partial charge in [0, 0.05) is 26.3 Å². The summed E-state index contributed by atoms with van der Waals surface area (Å²) in [4.78, 5) is 5.72. The van der Waals surface area contributed by atoms with E-state index in [1.807, 2.05) is 36.2 Å². The van der Waals surface area contributed by atoms with Gasteiger partial charge in [0.15, 0.2) is 0 Å². The molecule has 0 saturated heterocycles. The molecule has 0 saturated carbocycles. The number of fused-ring (bicyclic) bond motifs is 1. The summed E-state index contributed by atoms with van der Waals surface area (Å²) in [6, 6.07) is 13.6. The number of nitrogens with zero attached hydrogens (tertiary/aromatic N) is 1. The molecule has 16 heavy (non-hydrogen) atoms. The Bertz CT molecular complexity index is 485. The average Bonchev–Trinajstić information content (AvgIpc) is 2.77. The molecule has 0 bridgehead atoms. The van der Waals surface area contributed by atoms with E-state index in [0.717, 1.165) is 11.3 Å². The van der Waals surface area contributed by atoms with Crippen LogP contribution >= 0.6 is 11.8 Å². The van der Waals surface area contributed by atoms with Crippen LogP contribution in [-0.4, -0.2) is 10.7 Å². The molecule has 1 aromatic carbocycles. The molecule has 2 aromatic rings. The van der Waals surface area contributed by atoms with E-state index in [9.17, 15) is 0 Å². The van der Waals surface area contributed by atoms with Gasteiger partial charge >= 0.3 is 0 Å². The number of pyridine rings is 1. The molecular formula is C13H10IrNS-. The van der Waals surface area contributed by atoms with Crippen LogP contribution in [0.3, 0.4) is 0 Å². The molecule has 0 amide bonds. The maximum absolute atomic E-state index is 4.34. The van der Waals surface area contributed by atoms with Crippen molar-refractivity contribution in [1.29, 1.82) is 0 Å². The zero-order chi connectivity index (χ0) is 10.1. The van der Waals surface area contributed by atoms with Crippen molar-refractivity contribution in [2.75, 3.05) is 5.75 Å². The molecule has 1 aliphatic heterocycles. The first-order chi connectivity index (χ1) is 7.43. The second-order valence-electron chi connectivity index (χ2n) is 3.55. The van der Waals surface area contributed by atoms with Gasteiger partial charge < -0.3 is 4.98 Å². The first-order valence-corrected chi connectivity index (χ1v) is 6.01. The van der Waals surface area contributed by atoms with Gasteiger partial charge in [0.1, 0.15) is 0 Å². The molecule has 1 radical (unpaired) electrons. The Balaban J connectivity index is 0.000000963. The van der Waals surface area contributed by atoms with E-state index >= 15 is 0 Å². The normalized spacial score (nSPS) is 13.0. The first-order valence-electron chi connectivity index (χ1n) is 5.02. The smallest absolute Gasteiger partial charge is 0.0160 e. The number of aromatic nitrogens is 1. The number of thioether (sulfide) groups is 1. The summed E-state index contributed by atoms with van der Waals surface area (Å²) in [6.45, 7) is 0. The fourth-order valence-corrected chi connectivity index (χ4v) is 2.82. The molecule has 1 aromatic heterocycles. The molecule has 0 spiro atoms. The Morgan fingerprint density at radius 3 is 3.06 bits per heavy atom. The third kappa shape index (κ3) is 2.22. The van der Waals surface area contributed by atoms with Gasteiger partial charge in [0.05, 0.1) is 0 Å². The summed E-state index contributed by atoms with van der Waals surface area (Å²) in [5.41, 5.74) is 3.56. The molecule has 2 heterocycles. The second-order valence-corrected chi connectivity index (χ2v) is 4.69. The Hall–Kier alpha value is -0.631. The van der Waals surface area contributed by atoms with Crippen molar-refractivity contribution in [3.8, 4) is 11.3 Å². The van der Waals surface area contributed by atoms with Crippen LogP contribution in [0.25, 0.3) is 11.3 Å². The van der Waals surface area contributed by atoms with Crippen LogP contribution in [0.2, 0.25) is 0 Å². The Morgan fingerprint density at radius 2 is 2.25 bits per heavy atom. The van der Waals surface area contributed by atoms with E-state index < -0.39 is 0 Å². The summed E-state index contributed by atoms with van der Waals surface area (Å²) in [7, 11) is 0. The van der Waals surface area contributed by atoms with Crippen molar-refractivity contribution in [2.45, 2.75) is 11.3 Å². The van der Waals surface area contributed by atoms with E-state index in [2.05, 4.69) is 23.2 Å². The number of rotatable bonds is 1. The van der Waals surface area contributed by atoms with Gasteiger partial charge in [0.2, 0.25) is 0 Å². The van der Waals surface area contributed by atoms with Gasteiger partial charge in [0.25, 0.3) is 0 Å². The molecular weight excluding hydrogens is 394 g/mol. The van der Waals surface area contributed by atoms with E-state index in [0.29, 0.717) is 0 Å². The van der Waals surface area contributed by atoms with E-state index in [1.165, 1.54) is 22.6 Å². The molecule has 1 aliphatic rings. The minimum atomic E-state index is 0. The van der Waals surface area contributed by atoms with Crippen LogP contribution < -0.4 is 0 Å². The standard InChI is InChI=1S/C13H10NS.Ir/c1-2-7-14-12(3-1)10-4-5-13-11(9-10)6-8-15-13;/h1-3,5,7,9H,6,8H2;/q-1;. The molecule has 3 heteroatoms. The fraction of sp³-hybridized carbons (Fsp3) is 0.154. The number of hydrogen-bond acceptors (Lipinski definition) is 2. The molecule has 0 fully saturated rings. The number of aryl methyl sites for hydroxylation is 1. The predicted octanol–water partition coefficient (Wildman–Crippen LogP) is 3.19. The summed E-state index contributed by atoms with van der Waals surface area (Å²) in [6.07, 6.45) is 3.00. The minimum Gasteiger partial charge on any atom is -0.305 e. The Labute approximate surface area is 113 Å². The molecule has 1 nitrogen and oxygen atoms in total. The zero-order valence-corrected chi connectivity index (χ0v) is 11.8. The van der Waals surface area contributed by atoms with E-state index in [-0.39, 0.29) is 20.1 Å². The van der Waals surface area contributed by atoms with Crippen LogP contribution in [0.4, 0.5) is 0 Å². The first kappa shape index (κ1) is 11.8. The van der Waals surface area contributed by atoms with Crippen molar-refractivity contribution in [2.24, 2.45) is 0 Å². The van der Waals surface area contributed by atoms with Crippen LogP contribution in [0.15, 0.2) is 41.4 Å². The fourth-order valence-electron chi connectivity index (χ4n) is 1.79. The van der Waals surface area contributed by atoms with Gasteiger partial charge in [-0.1, -0.05) is 17.0 Å². The number of benzene rings is 1. The van der Waals surface area contributed by atoms with E-state index in [1.54, 1.807) is 0 Å². The van der Waals surface area contributed by atoms with Crippen molar-refractivity contribution in [1.82, 2.24) is 4.98 Å². The maximum Gasteiger partial charge on any atom is 0.0160 e. The van der Waals surface area contributed by atoms with Gasteiger partial charge in [-0.15, -0.1) is 29.3 Å². The third-order valence-corrected chi connectivity index (χ3v) is 3.66. The molecule has 0 atom stereocenters. The summed E-state index contributed by atoms with van der Waals surface area (Å²) in [5, 5.41) is 0. The Kier molecular flexibility index (Phi) is 3.80. The van der Waals surface area contributed by atoms with E-state index in [4.69, 9.17) is 0 Å². The average molecular weight is 405 g/mol. The molecule has 0 unspecified atom stereocenters. The molecule has 0 aliphatic carbocycles. The van der Waals surface area contributed by atoms with Crippen molar-refractivity contribution in [3.63, 3.8) is 0 Å². The van der Waals surface area contributed by atoms with Gasteiger partial charge in [-0.2, -0.15) is 11.8 Å². The summed E-state index contributed by atoms with van der Waals surface area (Å²) in [5.74, 6) is 1.20. The van der Waals surface area contributed by atoms with Crippen molar-refractivity contribution >= 4 is 11.8 Å². The number of hydrogen-bond donors (Lipinski definition) is 0. The largest absolute Gasteiger partial charge is 0.305 e.